The first-order valence-electron chi connectivity index (χ1n) is 11.3. The maximum Gasteiger partial charge on any atom is 0.417 e. The highest BCUT2D eigenvalue weighted by Gasteiger charge is 2.35. The number of alkyl halides is 3. The molecule has 0 aliphatic rings. The molecule has 3 rings (SSSR count). The van der Waals surface area contributed by atoms with Gasteiger partial charge < -0.3 is 14.8 Å². The summed E-state index contributed by atoms with van der Waals surface area (Å²) in [6, 6.07) is 12.8. The molecule has 0 aliphatic heterocycles. The quantitative estimate of drug-likeness (QED) is 0.354. The van der Waals surface area contributed by atoms with Crippen LogP contribution in [-0.4, -0.2) is 35.1 Å². The number of benzene rings is 3. The molecule has 12 heteroatoms. The Kier molecular flexibility index (Phi) is 8.83. The molecule has 3 aromatic carbocycles. The van der Waals surface area contributed by atoms with Gasteiger partial charge >= 0.3 is 6.18 Å². The molecule has 3 aromatic rings. The fourth-order valence-electron chi connectivity index (χ4n) is 3.66. The molecule has 0 fully saturated rings. The van der Waals surface area contributed by atoms with E-state index < -0.39 is 45.3 Å². The summed E-state index contributed by atoms with van der Waals surface area (Å²) in [7, 11) is -1.50. The first kappa shape index (κ1) is 29.1. The molecule has 1 N–H and O–H groups in total. The van der Waals surface area contributed by atoms with E-state index in [1.165, 1.54) is 26.4 Å². The highest BCUT2D eigenvalue weighted by Crippen LogP contribution is 2.38. The third-order valence-electron chi connectivity index (χ3n) is 5.72. The predicted octanol–water partition coefficient (Wildman–Crippen LogP) is 5.76. The Morgan fingerprint density at radius 2 is 1.63 bits per heavy atom. The summed E-state index contributed by atoms with van der Waals surface area (Å²) < 4.78 is 78.8. The molecule has 0 aliphatic carbocycles. The summed E-state index contributed by atoms with van der Waals surface area (Å²) in [5.74, 6) is 0.162. The van der Waals surface area contributed by atoms with Gasteiger partial charge in [-0.2, -0.15) is 13.2 Å². The SMILES string of the molecule is COc1ccc([C@@H](C)NC(=O)CN(c2ccc(Cl)c(C(F)(F)F)c2)S(=O)(=O)c2ccc(C)cc2)cc1OC. The Hall–Kier alpha value is -3.44. The number of amides is 1. The van der Waals surface area contributed by atoms with Crippen LogP contribution in [0.5, 0.6) is 11.5 Å². The molecule has 0 saturated heterocycles. The second kappa shape index (κ2) is 11.5. The summed E-state index contributed by atoms with van der Waals surface area (Å²) in [6.45, 7) is 2.64. The zero-order valence-electron chi connectivity index (χ0n) is 21.0. The maximum absolute atomic E-state index is 13.5. The highest BCUT2D eigenvalue weighted by atomic mass is 35.5. The highest BCUT2D eigenvalue weighted by molar-refractivity contribution is 7.92. The van der Waals surface area contributed by atoms with Gasteiger partial charge in [0.05, 0.1) is 41.4 Å². The Labute approximate surface area is 224 Å². The van der Waals surface area contributed by atoms with E-state index in [1.807, 2.05) is 0 Å². The van der Waals surface area contributed by atoms with E-state index in [0.717, 1.165) is 17.7 Å². The monoisotopic (exact) mass is 570 g/mol. The van der Waals surface area contributed by atoms with Crippen molar-refractivity contribution in [3.8, 4) is 11.5 Å². The predicted molar refractivity (Wildman–Crippen MR) is 138 cm³/mol. The van der Waals surface area contributed by atoms with Crippen molar-refractivity contribution in [1.29, 1.82) is 0 Å². The van der Waals surface area contributed by atoms with Crippen molar-refractivity contribution < 1.29 is 35.9 Å². The number of carbonyl (C=O) groups excluding carboxylic acids is 1. The summed E-state index contributed by atoms with van der Waals surface area (Å²) in [5.41, 5.74) is -0.172. The summed E-state index contributed by atoms with van der Waals surface area (Å²) in [6.07, 6.45) is -4.84. The number of ether oxygens (including phenoxy) is 2. The molecule has 0 aromatic heterocycles. The van der Waals surface area contributed by atoms with Crippen molar-refractivity contribution in [2.24, 2.45) is 0 Å². The normalized spacial score (nSPS) is 12.5. The van der Waals surface area contributed by atoms with Crippen LogP contribution < -0.4 is 19.1 Å². The lowest BCUT2D eigenvalue weighted by Gasteiger charge is -2.26. The zero-order valence-corrected chi connectivity index (χ0v) is 22.5. The Morgan fingerprint density at radius 3 is 2.21 bits per heavy atom. The van der Waals surface area contributed by atoms with Crippen LogP contribution >= 0.6 is 11.6 Å². The molecule has 204 valence electrons. The van der Waals surface area contributed by atoms with Crippen LogP contribution in [0.3, 0.4) is 0 Å². The Balaban J connectivity index is 1.98. The average Bonchev–Trinajstić information content (AvgIpc) is 2.86. The van der Waals surface area contributed by atoms with Gasteiger partial charge in [0.15, 0.2) is 11.5 Å². The Morgan fingerprint density at radius 1 is 1.00 bits per heavy atom. The van der Waals surface area contributed by atoms with Crippen molar-refractivity contribution in [1.82, 2.24) is 5.32 Å². The van der Waals surface area contributed by atoms with Crippen LogP contribution in [-0.2, 0) is 21.0 Å². The number of nitrogens with zero attached hydrogens (tertiary/aromatic N) is 1. The number of carbonyl (C=O) groups is 1. The molecule has 0 saturated carbocycles. The summed E-state index contributed by atoms with van der Waals surface area (Å²) in [4.78, 5) is 12.9. The number of sulfonamides is 1. The number of hydrogen-bond donors (Lipinski definition) is 1. The van der Waals surface area contributed by atoms with Gasteiger partial charge in [-0.05, 0) is 61.9 Å². The van der Waals surface area contributed by atoms with E-state index in [-0.39, 0.29) is 10.6 Å². The molecule has 1 amide bonds. The van der Waals surface area contributed by atoms with Crippen molar-refractivity contribution in [3.63, 3.8) is 0 Å². The van der Waals surface area contributed by atoms with Gasteiger partial charge in [-0.3, -0.25) is 9.10 Å². The molecule has 38 heavy (non-hydrogen) atoms. The minimum absolute atomic E-state index is 0.188. The van der Waals surface area contributed by atoms with Gasteiger partial charge in [0, 0.05) is 0 Å². The van der Waals surface area contributed by atoms with Crippen molar-refractivity contribution >= 4 is 33.2 Å². The molecule has 0 radical (unpaired) electrons. The van der Waals surface area contributed by atoms with Crippen molar-refractivity contribution in [2.75, 3.05) is 25.1 Å². The summed E-state index contributed by atoms with van der Waals surface area (Å²) >= 11 is 5.74. The number of anilines is 1. The van der Waals surface area contributed by atoms with Gasteiger partial charge in [-0.25, -0.2) is 8.42 Å². The third kappa shape index (κ3) is 6.51. The first-order valence-corrected chi connectivity index (χ1v) is 13.1. The first-order chi connectivity index (χ1) is 17.8. The largest absolute Gasteiger partial charge is 0.493 e. The van der Waals surface area contributed by atoms with Gasteiger partial charge in [0.25, 0.3) is 10.0 Å². The molecule has 1 atom stereocenters. The molecule has 0 bridgehead atoms. The number of halogens is 4. The lowest BCUT2D eigenvalue weighted by atomic mass is 10.1. The van der Waals surface area contributed by atoms with E-state index in [4.69, 9.17) is 21.1 Å². The number of nitrogens with one attached hydrogen (secondary N) is 1. The van der Waals surface area contributed by atoms with E-state index in [9.17, 15) is 26.4 Å². The van der Waals surface area contributed by atoms with Crippen LogP contribution in [0.4, 0.5) is 18.9 Å². The third-order valence-corrected chi connectivity index (χ3v) is 7.84. The van der Waals surface area contributed by atoms with Crippen LogP contribution in [0.25, 0.3) is 0 Å². The van der Waals surface area contributed by atoms with E-state index in [2.05, 4.69) is 5.32 Å². The number of hydrogen-bond acceptors (Lipinski definition) is 5. The lowest BCUT2D eigenvalue weighted by molar-refractivity contribution is -0.137. The lowest BCUT2D eigenvalue weighted by Crippen LogP contribution is -2.41. The molecule has 7 nitrogen and oxygen atoms in total. The van der Waals surface area contributed by atoms with E-state index in [0.29, 0.717) is 27.4 Å². The van der Waals surface area contributed by atoms with Crippen LogP contribution in [0.15, 0.2) is 65.6 Å². The smallest absolute Gasteiger partial charge is 0.417 e. The topological polar surface area (TPSA) is 84.9 Å². The van der Waals surface area contributed by atoms with Crippen LogP contribution in [0.2, 0.25) is 5.02 Å². The van der Waals surface area contributed by atoms with Crippen LogP contribution in [0, 0.1) is 6.92 Å². The summed E-state index contributed by atoms with van der Waals surface area (Å²) in [5, 5.41) is 2.09. The average molecular weight is 571 g/mol. The van der Waals surface area contributed by atoms with Gasteiger partial charge in [-0.1, -0.05) is 35.4 Å². The van der Waals surface area contributed by atoms with Gasteiger partial charge in [-0.15, -0.1) is 0 Å². The van der Waals surface area contributed by atoms with Crippen LogP contribution in [0.1, 0.15) is 29.7 Å². The molecule has 0 spiro atoms. The van der Waals surface area contributed by atoms with Crippen molar-refractivity contribution in [3.05, 3.63) is 82.4 Å². The number of rotatable bonds is 9. The number of aryl methyl sites for hydroxylation is 1. The minimum atomic E-state index is -4.84. The van der Waals surface area contributed by atoms with Crippen molar-refractivity contribution in [2.45, 2.75) is 31.0 Å². The van der Waals surface area contributed by atoms with E-state index in [1.54, 1.807) is 44.2 Å². The standard InChI is InChI=1S/C26H26ClF3N2O5S/c1-16-5-9-20(10-6-16)38(34,35)32(19-8-11-22(27)21(14-19)26(28,29)30)15-25(33)31-17(2)18-7-12-23(36-3)24(13-18)37-4/h5-14,17H,15H2,1-4H3,(H,31,33)/t17-/m1/s1. The maximum atomic E-state index is 13.5. The zero-order chi connectivity index (χ0) is 28.3. The molecular weight excluding hydrogens is 545 g/mol. The van der Waals surface area contributed by atoms with Gasteiger partial charge in [0.1, 0.15) is 6.54 Å². The number of methoxy groups -OCH3 is 2. The molecular formula is C26H26ClF3N2O5S. The van der Waals surface area contributed by atoms with Gasteiger partial charge in [0.2, 0.25) is 5.91 Å². The fourth-order valence-corrected chi connectivity index (χ4v) is 5.30. The second-order valence-electron chi connectivity index (χ2n) is 8.39. The minimum Gasteiger partial charge on any atom is -0.493 e. The Bertz CT molecular complexity index is 1410. The molecule has 0 heterocycles. The fraction of sp³-hybridized carbons (Fsp3) is 0.269. The van der Waals surface area contributed by atoms with E-state index >= 15 is 0 Å². The molecule has 0 unspecified atom stereocenters. The second-order valence-corrected chi connectivity index (χ2v) is 10.7.